The summed E-state index contributed by atoms with van der Waals surface area (Å²) in [6, 6.07) is 0.585. The van der Waals surface area contributed by atoms with Crippen LogP contribution >= 0.6 is 11.3 Å². The van der Waals surface area contributed by atoms with Crippen LogP contribution < -0.4 is 5.32 Å². The van der Waals surface area contributed by atoms with Crippen molar-refractivity contribution in [1.29, 1.82) is 0 Å². The van der Waals surface area contributed by atoms with Crippen molar-refractivity contribution in [2.24, 2.45) is 5.92 Å². The Morgan fingerprint density at radius 2 is 2.00 bits per heavy atom. The quantitative estimate of drug-likeness (QED) is 0.888. The van der Waals surface area contributed by atoms with Crippen LogP contribution in [0, 0.1) is 12.8 Å². The van der Waals surface area contributed by atoms with Crippen molar-refractivity contribution in [2.45, 2.75) is 45.6 Å². The van der Waals surface area contributed by atoms with Crippen molar-refractivity contribution in [2.75, 3.05) is 5.32 Å². The Morgan fingerprint density at radius 1 is 1.22 bits per heavy atom. The van der Waals surface area contributed by atoms with Crippen molar-refractivity contribution in [3.63, 3.8) is 0 Å². The minimum Gasteiger partial charge on any atom is -0.366 e. The van der Waals surface area contributed by atoms with Crippen molar-refractivity contribution in [3.05, 3.63) is 17.3 Å². The van der Waals surface area contributed by atoms with E-state index in [1.807, 2.05) is 0 Å². The molecule has 2 aromatic rings. The first-order chi connectivity index (χ1) is 8.74. The van der Waals surface area contributed by atoms with Crippen molar-refractivity contribution in [1.82, 2.24) is 9.97 Å². The number of nitrogens with zero attached hydrogens (tertiary/aromatic N) is 2. The number of aryl methyl sites for hydroxylation is 1. The molecule has 18 heavy (non-hydrogen) atoms. The molecule has 1 fully saturated rings. The van der Waals surface area contributed by atoms with Gasteiger partial charge in [-0.1, -0.05) is 6.92 Å². The molecular weight excluding hydrogens is 242 g/mol. The summed E-state index contributed by atoms with van der Waals surface area (Å²) in [6.45, 7) is 4.46. The van der Waals surface area contributed by atoms with Gasteiger partial charge in [-0.2, -0.15) is 0 Å². The van der Waals surface area contributed by atoms with Crippen molar-refractivity contribution >= 4 is 27.4 Å². The number of nitrogens with one attached hydrogen (secondary N) is 1. The predicted molar refractivity (Wildman–Crippen MR) is 77.2 cm³/mol. The largest absolute Gasteiger partial charge is 0.366 e. The van der Waals surface area contributed by atoms with Gasteiger partial charge in [0.05, 0.1) is 10.2 Å². The summed E-state index contributed by atoms with van der Waals surface area (Å²) in [7, 11) is 0. The van der Waals surface area contributed by atoms with E-state index < -0.39 is 0 Å². The third kappa shape index (κ3) is 2.21. The van der Waals surface area contributed by atoms with Gasteiger partial charge >= 0.3 is 0 Å². The van der Waals surface area contributed by atoms with Crippen LogP contribution in [0.4, 0.5) is 5.82 Å². The second kappa shape index (κ2) is 4.84. The van der Waals surface area contributed by atoms with Crippen LogP contribution in [0.15, 0.2) is 11.7 Å². The summed E-state index contributed by atoms with van der Waals surface area (Å²) in [4.78, 5) is 8.79. The van der Waals surface area contributed by atoms with Gasteiger partial charge < -0.3 is 5.32 Å². The molecule has 0 aliphatic heterocycles. The Kier molecular flexibility index (Phi) is 3.20. The molecular formula is C14H19N3S. The smallest absolute Gasteiger partial charge is 0.147 e. The van der Waals surface area contributed by atoms with E-state index in [0.717, 1.165) is 17.3 Å². The fraction of sp³-hybridized carbons (Fsp3) is 0.571. The van der Waals surface area contributed by atoms with E-state index in [4.69, 9.17) is 0 Å². The number of rotatable bonds is 2. The highest BCUT2D eigenvalue weighted by atomic mass is 32.1. The first kappa shape index (κ1) is 11.9. The van der Waals surface area contributed by atoms with Gasteiger partial charge in [-0.05, 0) is 49.5 Å². The highest BCUT2D eigenvalue weighted by molar-refractivity contribution is 7.18. The molecule has 0 atom stereocenters. The second-order valence-corrected chi connectivity index (χ2v) is 6.30. The molecule has 0 bridgehead atoms. The van der Waals surface area contributed by atoms with Gasteiger partial charge in [0.25, 0.3) is 0 Å². The van der Waals surface area contributed by atoms with Crippen molar-refractivity contribution < 1.29 is 0 Å². The molecule has 3 rings (SSSR count). The van der Waals surface area contributed by atoms with Gasteiger partial charge in [0.1, 0.15) is 12.1 Å². The molecule has 0 unspecified atom stereocenters. The summed E-state index contributed by atoms with van der Waals surface area (Å²) in [5.41, 5.74) is 2.35. The van der Waals surface area contributed by atoms with E-state index in [-0.39, 0.29) is 0 Å². The summed E-state index contributed by atoms with van der Waals surface area (Å²) in [6.07, 6.45) is 6.86. The van der Waals surface area contributed by atoms with Gasteiger partial charge in [0, 0.05) is 6.04 Å². The van der Waals surface area contributed by atoms with E-state index in [2.05, 4.69) is 34.5 Å². The molecule has 0 radical (unpaired) electrons. The maximum Gasteiger partial charge on any atom is 0.147 e. The highest BCUT2D eigenvalue weighted by Crippen LogP contribution is 2.31. The third-order valence-electron chi connectivity index (χ3n) is 3.89. The number of hydrogen-bond acceptors (Lipinski definition) is 4. The SMILES string of the molecule is Cc1csc2c(NC3CCC(C)CC3)ncnc12. The van der Waals surface area contributed by atoms with E-state index in [1.165, 1.54) is 35.9 Å². The maximum absolute atomic E-state index is 4.42. The third-order valence-corrected chi connectivity index (χ3v) is 4.98. The topological polar surface area (TPSA) is 37.8 Å². The molecule has 0 spiro atoms. The number of fused-ring (bicyclic) bond motifs is 1. The van der Waals surface area contributed by atoms with Gasteiger partial charge in [0.2, 0.25) is 0 Å². The van der Waals surface area contributed by atoms with Crippen LogP contribution in [0.1, 0.15) is 38.2 Å². The lowest BCUT2D eigenvalue weighted by molar-refractivity contribution is 0.361. The molecule has 1 aliphatic rings. The minimum absolute atomic E-state index is 0.585. The van der Waals surface area contributed by atoms with E-state index in [1.54, 1.807) is 17.7 Å². The fourth-order valence-electron chi connectivity index (χ4n) is 2.67. The summed E-state index contributed by atoms with van der Waals surface area (Å²) in [5.74, 6) is 1.91. The molecule has 96 valence electrons. The lowest BCUT2D eigenvalue weighted by atomic mass is 9.87. The maximum atomic E-state index is 4.42. The Hall–Kier alpha value is -1.16. The average Bonchev–Trinajstić information content (AvgIpc) is 2.76. The monoisotopic (exact) mass is 261 g/mol. The molecule has 0 amide bonds. The summed E-state index contributed by atoms with van der Waals surface area (Å²) in [5, 5.41) is 5.78. The minimum atomic E-state index is 0.585. The number of anilines is 1. The molecule has 4 heteroatoms. The van der Waals surface area contributed by atoms with Crippen molar-refractivity contribution in [3.8, 4) is 0 Å². The first-order valence-corrected chi connectivity index (χ1v) is 7.57. The summed E-state index contributed by atoms with van der Waals surface area (Å²) < 4.78 is 1.20. The Bertz CT molecular complexity index is 541. The van der Waals surface area contributed by atoms with Gasteiger partial charge in [-0.25, -0.2) is 9.97 Å². The molecule has 2 aromatic heterocycles. The summed E-state index contributed by atoms with van der Waals surface area (Å²) >= 11 is 1.74. The highest BCUT2D eigenvalue weighted by Gasteiger charge is 2.19. The van der Waals surface area contributed by atoms with Crippen LogP contribution in [-0.2, 0) is 0 Å². The second-order valence-electron chi connectivity index (χ2n) is 5.42. The fourth-order valence-corrected chi connectivity index (χ4v) is 3.62. The zero-order valence-corrected chi connectivity index (χ0v) is 11.8. The number of thiophene rings is 1. The molecule has 1 saturated carbocycles. The number of hydrogen-bond donors (Lipinski definition) is 1. The Morgan fingerprint density at radius 3 is 2.78 bits per heavy atom. The molecule has 1 aliphatic carbocycles. The number of aromatic nitrogens is 2. The normalized spacial score (nSPS) is 24.3. The molecule has 0 saturated heterocycles. The molecule has 0 aromatic carbocycles. The zero-order valence-electron chi connectivity index (χ0n) is 10.9. The van der Waals surface area contributed by atoms with Crippen LogP contribution in [0.2, 0.25) is 0 Å². The lowest BCUT2D eigenvalue weighted by Gasteiger charge is -2.27. The Balaban J connectivity index is 1.82. The van der Waals surface area contributed by atoms with E-state index in [9.17, 15) is 0 Å². The van der Waals surface area contributed by atoms with E-state index in [0.29, 0.717) is 6.04 Å². The van der Waals surface area contributed by atoms with Crippen LogP contribution in [0.5, 0.6) is 0 Å². The molecule has 2 heterocycles. The van der Waals surface area contributed by atoms with Gasteiger partial charge in [-0.15, -0.1) is 11.3 Å². The molecule has 3 nitrogen and oxygen atoms in total. The van der Waals surface area contributed by atoms with Crippen LogP contribution in [0.3, 0.4) is 0 Å². The van der Waals surface area contributed by atoms with Gasteiger partial charge in [-0.3, -0.25) is 0 Å². The molecule has 1 N–H and O–H groups in total. The average molecular weight is 261 g/mol. The lowest BCUT2D eigenvalue weighted by Crippen LogP contribution is -2.25. The Labute approximate surface area is 112 Å². The van der Waals surface area contributed by atoms with E-state index >= 15 is 0 Å². The van der Waals surface area contributed by atoms with Crippen LogP contribution in [-0.4, -0.2) is 16.0 Å². The standard InChI is InChI=1S/C14H19N3S/c1-9-3-5-11(6-4-9)17-14-13-12(15-8-16-14)10(2)7-18-13/h7-9,11H,3-6H2,1-2H3,(H,15,16,17). The van der Waals surface area contributed by atoms with Gasteiger partial charge in [0.15, 0.2) is 0 Å². The first-order valence-electron chi connectivity index (χ1n) is 6.69. The van der Waals surface area contributed by atoms with Crippen LogP contribution in [0.25, 0.3) is 10.2 Å². The predicted octanol–water partition coefficient (Wildman–Crippen LogP) is 3.99. The zero-order chi connectivity index (χ0) is 12.5.